The van der Waals surface area contributed by atoms with Crippen LogP contribution in [-0.2, 0) is 6.54 Å². The Labute approximate surface area is 204 Å². The maximum absolute atomic E-state index is 13.1. The van der Waals surface area contributed by atoms with Crippen LogP contribution in [0.2, 0.25) is 0 Å². The molecule has 0 unspecified atom stereocenters. The molecule has 10 nitrogen and oxygen atoms in total. The van der Waals surface area contributed by atoms with E-state index in [1.807, 2.05) is 30.4 Å². The molecule has 3 aromatic heterocycles. The number of oxazole rings is 1. The zero-order chi connectivity index (χ0) is 24.7. The van der Waals surface area contributed by atoms with Crippen LogP contribution in [0.4, 0.5) is 0 Å². The number of rotatable bonds is 5. The van der Waals surface area contributed by atoms with E-state index in [4.69, 9.17) is 8.94 Å². The van der Waals surface area contributed by atoms with Gasteiger partial charge in [0, 0.05) is 50.4 Å². The number of carbonyl (C=O) groups excluding carboxylic acids is 2. The lowest BCUT2D eigenvalue weighted by atomic mass is 9.96. The summed E-state index contributed by atoms with van der Waals surface area (Å²) < 4.78 is 13.4. The Balaban J connectivity index is 1.24. The molecule has 0 saturated carbocycles. The van der Waals surface area contributed by atoms with Gasteiger partial charge < -0.3 is 18.7 Å². The van der Waals surface area contributed by atoms with Crippen LogP contribution in [0.3, 0.4) is 0 Å². The van der Waals surface area contributed by atoms with Crippen LogP contribution in [0.1, 0.15) is 82.5 Å². The van der Waals surface area contributed by atoms with Crippen molar-refractivity contribution in [2.45, 2.75) is 65.8 Å². The lowest BCUT2D eigenvalue weighted by molar-refractivity contribution is 0.0695. The van der Waals surface area contributed by atoms with Gasteiger partial charge in [0.15, 0.2) is 23.0 Å². The third-order valence-electron chi connectivity index (χ3n) is 7.20. The first kappa shape index (κ1) is 23.3. The number of amides is 2. The summed E-state index contributed by atoms with van der Waals surface area (Å²) in [7, 11) is 0. The highest BCUT2D eigenvalue weighted by Crippen LogP contribution is 2.31. The van der Waals surface area contributed by atoms with Gasteiger partial charge in [-0.3, -0.25) is 14.3 Å². The van der Waals surface area contributed by atoms with E-state index in [0.717, 1.165) is 62.3 Å². The van der Waals surface area contributed by atoms with Gasteiger partial charge in [-0.1, -0.05) is 5.16 Å². The smallest absolute Gasteiger partial charge is 0.276 e. The molecule has 0 radical (unpaired) electrons. The van der Waals surface area contributed by atoms with Crippen molar-refractivity contribution >= 4 is 11.8 Å². The van der Waals surface area contributed by atoms with Gasteiger partial charge >= 0.3 is 0 Å². The Hall–Kier alpha value is -3.43. The van der Waals surface area contributed by atoms with Gasteiger partial charge in [-0.2, -0.15) is 5.10 Å². The number of nitrogens with zero attached hydrogens (tertiary/aromatic N) is 6. The molecule has 2 saturated heterocycles. The fourth-order valence-electron chi connectivity index (χ4n) is 5.21. The quantitative estimate of drug-likeness (QED) is 0.547. The van der Waals surface area contributed by atoms with E-state index in [2.05, 4.69) is 15.2 Å². The maximum atomic E-state index is 13.1. The molecule has 2 aliphatic rings. The van der Waals surface area contributed by atoms with Gasteiger partial charge in [-0.05, 0) is 53.4 Å². The topological polar surface area (TPSA) is 110 Å². The highest BCUT2D eigenvalue weighted by atomic mass is 16.5. The van der Waals surface area contributed by atoms with Gasteiger partial charge in [0.2, 0.25) is 0 Å². The van der Waals surface area contributed by atoms with Crippen molar-refractivity contribution in [2.24, 2.45) is 0 Å². The first-order valence-electron chi connectivity index (χ1n) is 12.4. The fraction of sp³-hybridized carbons (Fsp3) is 0.560. The van der Waals surface area contributed by atoms with E-state index >= 15 is 0 Å². The predicted molar refractivity (Wildman–Crippen MR) is 127 cm³/mol. The molecule has 0 aliphatic carbocycles. The van der Waals surface area contributed by atoms with Crippen LogP contribution in [0.5, 0.6) is 0 Å². The Morgan fingerprint density at radius 3 is 2.37 bits per heavy atom. The van der Waals surface area contributed by atoms with Crippen molar-refractivity contribution < 1.29 is 18.5 Å². The van der Waals surface area contributed by atoms with Crippen molar-refractivity contribution in [3.63, 3.8) is 0 Å². The summed E-state index contributed by atoms with van der Waals surface area (Å²) in [5.74, 6) is 1.62. The van der Waals surface area contributed by atoms with Gasteiger partial charge in [0.05, 0.1) is 11.3 Å². The minimum atomic E-state index is -0.148. The number of hydrogen-bond donors (Lipinski definition) is 0. The molecular weight excluding hydrogens is 448 g/mol. The molecule has 5 rings (SSSR count). The first-order chi connectivity index (χ1) is 16.9. The number of carbonyl (C=O) groups is 2. The summed E-state index contributed by atoms with van der Waals surface area (Å²) >= 11 is 0. The number of aryl methyl sites for hydroxylation is 3. The van der Waals surface area contributed by atoms with E-state index in [0.29, 0.717) is 41.9 Å². The average Bonchev–Trinajstić information content (AvgIpc) is 3.66. The van der Waals surface area contributed by atoms with Crippen molar-refractivity contribution in [3.8, 4) is 11.3 Å². The molecule has 186 valence electrons. The Morgan fingerprint density at radius 2 is 1.71 bits per heavy atom. The van der Waals surface area contributed by atoms with Gasteiger partial charge in [0.25, 0.3) is 11.8 Å². The number of hydrogen-bond acceptors (Lipinski definition) is 7. The largest absolute Gasteiger partial charge is 0.445 e. The maximum Gasteiger partial charge on any atom is 0.276 e. The fourth-order valence-corrected chi connectivity index (χ4v) is 5.21. The third-order valence-corrected chi connectivity index (χ3v) is 7.20. The molecule has 3 aromatic rings. The van der Waals surface area contributed by atoms with Crippen LogP contribution in [-0.4, -0.2) is 67.7 Å². The SMILES string of the molecule is CCn1nc(C)c(-c2cc(C(=O)N3CCC(c4nc(C(=O)N5CCCC5)c(C)o4)CC3)no2)c1C. The molecule has 2 aliphatic heterocycles. The molecule has 2 amide bonds. The standard InChI is InChI=1S/C25H32N6O4/c1-5-31-16(3)21(15(2)27-31)20-14-19(28-35-20)24(32)30-12-8-18(9-13-30)23-26-22(17(4)34-23)25(33)29-10-6-7-11-29/h14,18H,5-13H2,1-4H3. The summed E-state index contributed by atoms with van der Waals surface area (Å²) in [5, 5.41) is 8.58. The van der Waals surface area contributed by atoms with E-state index in [1.165, 1.54) is 0 Å². The van der Waals surface area contributed by atoms with Gasteiger partial charge in [0.1, 0.15) is 5.76 Å². The zero-order valence-corrected chi connectivity index (χ0v) is 20.8. The van der Waals surface area contributed by atoms with E-state index < -0.39 is 0 Å². The minimum Gasteiger partial charge on any atom is -0.445 e. The highest BCUT2D eigenvalue weighted by Gasteiger charge is 2.32. The predicted octanol–water partition coefficient (Wildman–Crippen LogP) is 3.73. The normalized spacial score (nSPS) is 16.9. The molecule has 2 fully saturated rings. The van der Waals surface area contributed by atoms with Crippen molar-refractivity contribution in [1.29, 1.82) is 0 Å². The Bertz CT molecular complexity index is 1240. The van der Waals surface area contributed by atoms with Crippen molar-refractivity contribution in [1.82, 2.24) is 29.7 Å². The average molecular weight is 481 g/mol. The third kappa shape index (κ3) is 4.26. The molecule has 10 heteroatoms. The molecule has 0 spiro atoms. The second kappa shape index (κ2) is 9.31. The summed E-state index contributed by atoms with van der Waals surface area (Å²) in [6.45, 7) is 11.2. The van der Waals surface area contributed by atoms with Crippen molar-refractivity contribution in [3.05, 3.63) is 40.5 Å². The van der Waals surface area contributed by atoms with E-state index in [9.17, 15) is 9.59 Å². The monoisotopic (exact) mass is 480 g/mol. The zero-order valence-electron chi connectivity index (χ0n) is 20.8. The molecule has 0 aromatic carbocycles. The number of piperidine rings is 1. The Kier molecular flexibility index (Phi) is 6.21. The lowest BCUT2D eigenvalue weighted by Gasteiger charge is -2.29. The van der Waals surface area contributed by atoms with Crippen LogP contribution >= 0.6 is 0 Å². The molecule has 0 N–H and O–H groups in total. The van der Waals surface area contributed by atoms with E-state index in [-0.39, 0.29) is 17.7 Å². The second-order valence-corrected chi connectivity index (χ2v) is 9.46. The van der Waals surface area contributed by atoms with Gasteiger partial charge in [-0.15, -0.1) is 0 Å². The van der Waals surface area contributed by atoms with Crippen LogP contribution < -0.4 is 0 Å². The summed E-state index contributed by atoms with van der Waals surface area (Å²) in [6, 6.07) is 1.71. The van der Waals surface area contributed by atoms with E-state index in [1.54, 1.807) is 17.9 Å². The van der Waals surface area contributed by atoms with Crippen molar-refractivity contribution in [2.75, 3.05) is 26.2 Å². The lowest BCUT2D eigenvalue weighted by Crippen LogP contribution is -2.38. The molecular formula is C25H32N6O4. The van der Waals surface area contributed by atoms with Crippen LogP contribution in [0.25, 0.3) is 11.3 Å². The van der Waals surface area contributed by atoms with Crippen LogP contribution in [0.15, 0.2) is 15.0 Å². The molecule has 5 heterocycles. The Morgan fingerprint density at radius 1 is 1.03 bits per heavy atom. The molecule has 35 heavy (non-hydrogen) atoms. The van der Waals surface area contributed by atoms with Crippen LogP contribution in [0, 0.1) is 20.8 Å². The summed E-state index contributed by atoms with van der Waals surface area (Å²) in [5.41, 5.74) is 3.45. The summed E-state index contributed by atoms with van der Waals surface area (Å²) in [4.78, 5) is 34.1. The molecule has 0 atom stereocenters. The minimum absolute atomic E-state index is 0.0422. The second-order valence-electron chi connectivity index (χ2n) is 9.46. The number of likely N-dealkylation sites (tertiary alicyclic amines) is 2. The summed E-state index contributed by atoms with van der Waals surface area (Å²) in [6.07, 6.45) is 3.51. The highest BCUT2D eigenvalue weighted by molar-refractivity contribution is 5.94. The van der Waals surface area contributed by atoms with Gasteiger partial charge in [-0.25, -0.2) is 4.98 Å². The number of aromatic nitrogens is 4. The molecule has 0 bridgehead atoms. The first-order valence-corrected chi connectivity index (χ1v) is 12.4.